The Labute approximate surface area is 95.7 Å². The van der Waals surface area contributed by atoms with Crippen LogP contribution in [0, 0.1) is 0 Å². The average Bonchev–Trinajstić information content (AvgIpc) is 2.53. The Morgan fingerprint density at radius 1 is 1.38 bits per heavy atom. The van der Waals surface area contributed by atoms with Crippen LogP contribution in [0.2, 0.25) is 0 Å². The SMILES string of the molecule is COC(=O)CCC[C@H]1OC(C)(C)O[C@H]1CO. The van der Waals surface area contributed by atoms with Gasteiger partial charge in [0.15, 0.2) is 5.79 Å². The summed E-state index contributed by atoms with van der Waals surface area (Å²) < 4.78 is 15.7. The second-order valence-electron chi connectivity index (χ2n) is 4.36. The lowest BCUT2D eigenvalue weighted by Crippen LogP contribution is -2.26. The minimum Gasteiger partial charge on any atom is -0.469 e. The van der Waals surface area contributed by atoms with Crippen LogP contribution in [0.4, 0.5) is 0 Å². The predicted molar refractivity (Wildman–Crippen MR) is 56.8 cm³/mol. The highest BCUT2D eigenvalue weighted by molar-refractivity contribution is 5.68. The standard InChI is InChI=1S/C11H20O5/c1-11(2)15-8(9(7-12)16-11)5-4-6-10(13)14-3/h8-9,12H,4-7H2,1-3H3/t8-,9+/m1/s1. The minimum absolute atomic E-state index is 0.0632. The van der Waals surface area contributed by atoms with Gasteiger partial charge in [-0.2, -0.15) is 0 Å². The highest BCUT2D eigenvalue weighted by Crippen LogP contribution is 2.30. The number of aliphatic hydroxyl groups excluding tert-OH is 1. The maximum absolute atomic E-state index is 10.9. The third-order valence-corrected chi connectivity index (χ3v) is 2.56. The molecule has 0 bridgehead atoms. The van der Waals surface area contributed by atoms with Crippen molar-refractivity contribution in [2.75, 3.05) is 13.7 Å². The van der Waals surface area contributed by atoms with E-state index >= 15 is 0 Å². The van der Waals surface area contributed by atoms with E-state index in [1.54, 1.807) is 0 Å². The normalized spacial score (nSPS) is 28.0. The number of methoxy groups -OCH3 is 1. The molecule has 2 atom stereocenters. The lowest BCUT2D eigenvalue weighted by Gasteiger charge is -2.16. The number of aliphatic hydroxyl groups is 1. The van der Waals surface area contributed by atoms with Gasteiger partial charge in [-0.05, 0) is 26.7 Å². The Morgan fingerprint density at radius 2 is 2.00 bits per heavy atom. The Bertz CT molecular complexity index is 239. The molecule has 1 heterocycles. The first-order chi connectivity index (χ1) is 7.48. The van der Waals surface area contributed by atoms with E-state index < -0.39 is 5.79 Å². The van der Waals surface area contributed by atoms with Gasteiger partial charge in [-0.15, -0.1) is 0 Å². The maximum atomic E-state index is 10.9. The van der Waals surface area contributed by atoms with Crippen molar-refractivity contribution in [2.24, 2.45) is 0 Å². The molecule has 0 aromatic carbocycles. The summed E-state index contributed by atoms with van der Waals surface area (Å²) >= 11 is 0. The summed E-state index contributed by atoms with van der Waals surface area (Å²) in [6.45, 7) is 3.57. The molecule has 5 nitrogen and oxygen atoms in total. The quantitative estimate of drug-likeness (QED) is 0.712. The molecule has 1 rings (SSSR count). The van der Waals surface area contributed by atoms with Gasteiger partial charge in [0.25, 0.3) is 0 Å². The van der Waals surface area contributed by atoms with Gasteiger partial charge in [-0.25, -0.2) is 0 Å². The van der Waals surface area contributed by atoms with Crippen molar-refractivity contribution in [2.45, 2.75) is 51.1 Å². The monoisotopic (exact) mass is 232 g/mol. The highest BCUT2D eigenvalue weighted by Gasteiger charge is 2.40. The van der Waals surface area contributed by atoms with E-state index in [0.29, 0.717) is 19.3 Å². The topological polar surface area (TPSA) is 65.0 Å². The molecule has 0 saturated carbocycles. The molecule has 0 spiro atoms. The van der Waals surface area contributed by atoms with Crippen LogP contribution in [-0.2, 0) is 19.0 Å². The van der Waals surface area contributed by atoms with Crippen molar-refractivity contribution in [3.63, 3.8) is 0 Å². The maximum Gasteiger partial charge on any atom is 0.305 e. The van der Waals surface area contributed by atoms with Crippen LogP contribution in [0.3, 0.4) is 0 Å². The van der Waals surface area contributed by atoms with E-state index in [1.807, 2.05) is 13.8 Å². The first-order valence-electron chi connectivity index (χ1n) is 5.52. The summed E-state index contributed by atoms with van der Waals surface area (Å²) in [4.78, 5) is 10.9. The summed E-state index contributed by atoms with van der Waals surface area (Å²) in [5, 5.41) is 9.13. The third-order valence-electron chi connectivity index (χ3n) is 2.56. The smallest absolute Gasteiger partial charge is 0.305 e. The molecule has 1 N–H and O–H groups in total. The van der Waals surface area contributed by atoms with Gasteiger partial charge in [-0.1, -0.05) is 0 Å². The molecule has 0 aromatic heterocycles. The summed E-state index contributed by atoms with van der Waals surface area (Å²) in [6.07, 6.45) is 1.28. The van der Waals surface area contributed by atoms with Gasteiger partial charge in [0.1, 0.15) is 6.10 Å². The molecule has 0 amide bonds. The van der Waals surface area contributed by atoms with Gasteiger partial charge >= 0.3 is 5.97 Å². The minimum atomic E-state index is -0.649. The Hall–Kier alpha value is -0.650. The molecule has 1 aliphatic heterocycles. The number of carbonyl (C=O) groups excluding carboxylic acids is 1. The molecule has 5 heteroatoms. The first kappa shape index (κ1) is 13.4. The van der Waals surface area contributed by atoms with Gasteiger partial charge in [0.05, 0.1) is 19.8 Å². The van der Waals surface area contributed by atoms with E-state index in [1.165, 1.54) is 7.11 Å². The van der Waals surface area contributed by atoms with E-state index in [9.17, 15) is 4.79 Å². The van der Waals surface area contributed by atoms with Crippen molar-refractivity contribution in [3.05, 3.63) is 0 Å². The summed E-state index contributed by atoms with van der Waals surface area (Å²) in [5.74, 6) is -0.873. The molecular weight excluding hydrogens is 212 g/mol. The molecule has 16 heavy (non-hydrogen) atoms. The number of esters is 1. The molecule has 94 valence electrons. The molecule has 1 aliphatic rings. The number of ether oxygens (including phenoxy) is 3. The van der Waals surface area contributed by atoms with Gasteiger partial charge in [0.2, 0.25) is 0 Å². The Morgan fingerprint density at radius 3 is 2.56 bits per heavy atom. The van der Waals surface area contributed by atoms with E-state index in [-0.39, 0.29) is 24.8 Å². The fourth-order valence-electron chi connectivity index (χ4n) is 1.86. The van der Waals surface area contributed by atoms with Gasteiger partial charge in [-0.3, -0.25) is 4.79 Å². The summed E-state index contributed by atoms with van der Waals surface area (Å²) in [5.41, 5.74) is 0. The van der Waals surface area contributed by atoms with Crippen molar-refractivity contribution >= 4 is 5.97 Å². The van der Waals surface area contributed by atoms with Gasteiger partial charge in [0, 0.05) is 6.42 Å². The van der Waals surface area contributed by atoms with Crippen LogP contribution in [0.1, 0.15) is 33.1 Å². The van der Waals surface area contributed by atoms with Crippen LogP contribution in [0.5, 0.6) is 0 Å². The van der Waals surface area contributed by atoms with Crippen LogP contribution in [0.15, 0.2) is 0 Å². The van der Waals surface area contributed by atoms with Crippen molar-refractivity contribution in [1.82, 2.24) is 0 Å². The predicted octanol–water partition coefficient (Wildman–Crippen LogP) is 0.842. The highest BCUT2D eigenvalue weighted by atomic mass is 16.8. The third kappa shape index (κ3) is 3.73. The molecule has 0 aliphatic carbocycles. The lowest BCUT2D eigenvalue weighted by molar-refractivity contribution is -0.149. The number of carbonyl (C=O) groups is 1. The second kappa shape index (κ2) is 5.61. The zero-order chi connectivity index (χ0) is 12.2. The van der Waals surface area contributed by atoms with E-state index in [0.717, 1.165) is 0 Å². The van der Waals surface area contributed by atoms with Crippen molar-refractivity contribution in [1.29, 1.82) is 0 Å². The Balaban J connectivity index is 2.33. The van der Waals surface area contributed by atoms with E-state index in [2.05, 4.69) is 4.74 Å². The lowest BCUT2D eigenvalue weighted by atomic mass is 10.1. The Kier molecular flexibility index (Phi) is 4.70. The van der Waals surface area contributed by atoms with E-state index in [4.69, 9.17) is 14.6 Å². The van der Waals surface area contributed by atoms with Crippen LogP contribution < -0.4 is 0 Å². The fraction of sp³-hybridized carbons (Fsp3) is 0.909. The van der Waals surface area contributed by atoms with Crippen LogP contribution in [0.25, 0.3) is 0 Å². The molecule has 1 saturated heterocycles. The number of rotatable bonds is 5. The molecule has 0 aromatic rings. The summed E-state index contributed by atoms with van der Waals surface area (Å²) in [6, 6.07) is 0. The molecular formula is C11H20O5. The molecule has 0 radical (unpaired) electrons. The molecule has 1 fully saturated rings. The van der Waals surface area contributed by atoms with Crippen molar-refractivity contribution in [3.8, 4) is 0 Å². The van der Waals surface area contributed by atoms with Crippen molar-refractivity contribution < 1.29 is 24.1 Å². The summed E-state index contributed by atoms with van der Waals surface area (Å²) in [7, 11) is 1.37. The average molecular weight is 232 g/mol. The number of hydrogen-bond acceptors (Lipinski definition) is 5. The zero-order valence-corrected chi connectivity index (χ0v) is 10.1. The van der Waals surface area contributed by atoms with Crippen LogP contribution in [-0.4, -0.2) is 42.8 Å². The first-order valence-corrected chi connectivity index (χ1v) is 5.52. The zero-order valence-electron chi connectivity index (χ0n) is 10.1. The fourth-order valence-corrected chi connectivity index (χ4v) is 1.86. The second-order valence-corrected chi connectivity index (χ2v) is 4.36. The molecule has 0 unspecified atom stereocenters. The number of hydrogen-bond donors (Lipinski definition) is 1. The van der Waals surface area contributed by atoms with Crippen LogP contribution >= 0.6 is 0 Å². The largest absolute Gasteiger partial charge is 0.469 e. The van der Waals surface area contributed by atoms with Gasteiger partial charge < -0.3 is 19.3 Å².